The normalized spacial score (nSPS) is 21.4. The Bertz CT molecular complexity index is 365. The summed E-state index contributed by atoms with van der Waals surface area (Å²) in [6.07, 6.45) is 2.44. The number of hydrogen-bond donors (Lipinski definition) is 0. The lowest BCUT2D eigenvalue weighted by Crippen LogP contribution is -2.14. The van der Waals surface area contributed by atoms with Crippen LogP contribution < -0.4 is 0 Å². The quantitative estimate of drug-likeness (QED) is 0.633. The largest absolute Gasteiger partial charge is 0.432 e. The molecule has 0 amide bonds. The standard InChI is InChI=1S/C12H12O2/c1-9-7-11(8-12(13)14-9)10-5-3-2-4-6-10/h2-7,11H,8H2,1H3. The second-order valence-electron chi connectivity index (χ2n) is 3.47. The second-order valence-corrected chi connectivity index (χ2v) is 3.47. The first-order valence-corrected chi connectivity index (χ1v) is 4.70. The molecule has 0 aliphatic carbocycles. The summed E-state index contributed by atoms with van der Waals surface area (Å²) in [4.78, 5) is 11.2. The highest BCUT2D eigenvalue weighted by molar-refractivity contribution is 5.73. The molecule has 1 heterocycles. The highest BCUT2D eigenvalue weighted by Gasteiger charge is 2.20. The van der Waals surface area contributed by atoms with Crippen LogP contribution in [0.3, 0.4) is 0 Å². The van der Waals surface area contributed by atoms with Crippen LogP contribution in [0.5, 0.6) is 0 Å². The van der Waals surface area contributed by atoms with Gasteiger partial charge in [0.15, 0.2) is 0 Å². The second kappa shape index (κ2) is 3.66. The zero-order chi connectivity index (χ0) is 9.97. The Morgan fingerprint density at radius 2 is 2.00 bits per heavy atom. The summed E-state index contributed by atoms with van der Waals surface area (Å²) < 4.78 is 4.96. The molecule has 0 saturated carbocycles. The highest BCUT2D eigenvalue weighted by Crippen LogP contribution is 2.27. The monoisotopic (exact) mass is 188 g/mol. The Labute approximate surface area is 83.2 Å². The first-order valence-electron chi connectivity index (χ1n) is 4.70. The SMILES string of the molecule is CC1=CC(c2ccccc2)CC(=O)O1. The number of rotatable bonds is 1. The minimum absolute atomic E-state index is 0.140. The molecular weight excluding hydrogens is 176 g/mol. The zero-order valence-corrected chi connectivity index (χ0v) is 8.07. The predicted molar refractivity (Wildman–Crippen MR) is 53.6 cm³/mol. The van der Waals surface area contributed by atoms with Crippen molar-refractivity contribution in [2.75, 3.05) is 0 Å². The predicted octanol–water partition coefficient (Wildman–Crippen LogP) is 2.62. The minimum atomic E-state index is -0.140. The molecule has 0 fully saturated rings. The molecule has 0 bridgehead atoms. The number of ether oxygens (including phenoxy) is 1. The Kier molecular flexibility index (Phi) is 2.35. The molecule has 1 aliphatic heterocycles. The summed E-state index contributed by atoms with van der Waals surface area (Å²) in [5.41, 5.74) is 1.17. The lowest BCUT2D eigenvalue weighted by atomic mass is 9.94. The van der Waals surface area contributed by atoms with E-state index in [2.05, 4.69) is 0 Å². The van der Waals surface area contributed by atoms with Gasteiger partial charge in [-0.05, 0) is 18.6 Å². The van der Waals surface area contributed by atoms with Crippen LogP contribution in [0.1, 0.15) is 24.8 Å². The van der Waals surface area contributed by atoms with Gasteiger partial charge in [0.1, 0.15) is 5.76 Å². The molecule has 72 valence electrons. The lowest BCUT2D eigenvalue weighted by molar-refractivity contribution is -0.140. The van der Waals surface area contributed by atoms with Gasteiger partial charge in [-0.1, -0.05) is 30.3 Å². The van der Waals surface area contributed by atoms with Crippen molar-refractivity contribution < 1.29 is 9.53 Å². The summed E-state index contributed by atoms with van der Waals surface area (Å²) in [5, 5.41) is 0. The molecule has 2 rings (SSSR count). The van der Waals surface area contributed by atoms with Crippen molar-refractivity contribution in [3.8, 4) is 0 Å². The molecule has 0 radical (unpaired) electrons. The van der Waals surface area contributed by atoms with Crippen LogP contribution in [0.25, 0.3) is 0 Å². The van der Waals surface area contributed by atoms with Crippen LogP contribution in [0, 0.1) is 0 Å². The summed E-state index contributed by atoms with van der Waals surface area (Å²) in [5.74, 6) is 0.742. The zero-order valence-electron chi connectivity index (χ0n) is 8.07. The van der Waals surface area contributed by atoms with Gasteiger partial charge in [-0.15, -0.1) is 0 Å². The number of allylic oxidation sites excluding steroid dienone is 2. The first-order chi connectivity index (χ1) is 6.75. The summed E-state index contributed by atoms with van der Waals surface area (Å²) in [6, 6.07) is 10.0. The van der Waals surface area contributed by atoms with Crippen molar-refractivity contribution in [3.63, 3.8) is 0 Å². The maximum absolute atomic E-state index is 11.2. The molecule has 0 saturated heterocycles. The number of cyclic esters (lactones) is 1. The Balaban J connectivity index is 2.28. The van der Waals surface area contributed by atoms with Gasteiger partial charge in [0, 0.05) is 5.92 Å². The number of hydrogen-bond acceptors (Lipinski definition) is 2. The number of carbonyl (C=O) groups is 1. The maximum Gasteiger partial charge on any atom is 0.311 e. The van der Waals surface area contributed by atoms with Crippen molar-refractivity contribution in [2.45, 2.75) is 19.3 Å². The molecule has 0 spiro atoms. The van der Waals surface area contributed by atoms with Crippen molar-refractivity contribution in [1.82, 2.24) is 0 Å². The van der Waals surface area contributed by atoms with Gasteiger partial charge < -0.3 is 4.74 Å². The van der Waals surface area contributed by atoms with Crippen LogP contribution in [-0.4, -0.2) is 5.97 Å². The van der Waals surface area contributed by atoms with Gasteiger partial charge >= 0.3 is 5.97 Å². The first kappa shape index (κ1) is 9.00. The van der Waals surface area contributed by atoms with Gasteiger partial charge in [0.25, 0.3) is 0 Å². The smallest absolute Gasteiger partial charge is 0.311 e. The highest BCUT2D eigenvalue weighted by atomic mass is 16.5. The molecule has 1 aromatic rings. The van der Waals surface area contributed by atoms with Gasteiger partial charge in [0.05, 0.1) is 6.42 Å². The van der Waals surface area contributed by atoms with Crippen molar-refractivity contribution in [2.24, 2.45) is 0 Å². The van der Waals surface area contributed by atoms with Gasteiger partial charge in [0.2, 0.25) is 0 Å². The van der Waals surface area contributed by atoms with Gasteiger partial charge in [-0.25, -0.2) is 0 Å². The van der Waals surface area contributed by atoms with E-state index >= 15 is 0 Å². The molecule has 1 aromatic carbocycles. The summed E-state index contributed by atoms with van der Waals surface area (Å²) >= 11 is 0. The van der Waals surface area contributed by atoms with E-state index in [9.17, 15) is 4.79 Å². The number of esters is 1. The molecular formula is C12H12O2. The molecule has 2 heteroatoms. The van der Waals surface area contributed by atoms with E-state index in [1.54, 1.807) is 0 Å². The van der Waals surface area contributed by atoms with Crippen LogP contribution >= 0.6 is 0 Å². The summed E-state index contributed by atoms with van der Waals surface area (Å²) in [7, 11) is 0. The average Bonchev–Trinajstić information content (AvgIpc) is 2.18. The molecule has 0 aromatic heterocycles. The van der Waals surface area contributed by atoms with Crippen LogP contribution in [0.2, 0.25) is 0 Å². The van der Waals surface area contributed by atoms with E-state index in [0.29, 0.717) is 12.2 Å². The summed E-state index contributed by atoms with van der Waals surface area (Å²) in [6.45, 7) is 1.81. The fourth-order valence-electron chi connectivity index (χ4n) is 1.69. The number of benzene rings is 1. The third-order valence-electron chi connectivity index (χ3n) is 2.33. The molecule has 1 unspecified atom stereocenters. The Hall–Kier alpha value is -1.57. The van der Waals surface area contributed by atoms with E-state index in [-0.39, 0.29) is 11.9 Å². The topological polar surface area (TPSA) is 26.3 Å². The molecule has 14 heavy (non-hydrogen) atoms. The average molecular weight is 188 g/mol. The van der Waals surface area contributed by atoms with E-state index in [0.717, 1.165) is 0 Å². The van der Waals surface area contributed by atoms with Crippen molar-refractivity contribution in [3.05, 3.63) is 47.7 Å². The third kappa shape index (κ3) is 1.84. The Morgan fingerprint density at radius 3 is 2.64 bits per heavy atom. The maximum atomic E-state index is 11.2. The lowest BCUT2D eigenvalue weighted by Gasteiger charge is -2.18. The van der Waals surface area contributed by atoms with E-state index < -0.39 is 0 Å². The minimum Gasteiger partial charge on any atom is -0.432 e. The van der Waals surface area contributed by atoms with E-state index in [1.165, 1.54) is 5.56 Å². The van der Waals surface area contributed by atoms with Crippen molar-refractivity contribution >= 4 is 5.97 Å². The van der Waals surface area contributed by atoms with E-state index in [1.807, 2.05) is 43.3 Å². The van der Waals surface area contributed by atoms with Gasteiger partial charge in [-0.3, -0.25) is 4.79 Å². The van der Waals surface area contributed by atoms with Gasteiger partial charge in [-0.2, -0.15) is 0 Å². The fourth-order valence-corrected chi connectivity index (χ4v) is 1.69. The van der Waals surface area contributed by atoms with Crippen molar-refractivity contribution in [1.29, 1.82) is 0 Å². The molecule has 2 nitrogen and oxygen atoms in total. The van der Waals surface area contributed by atoms with Crippen LogP contribution in [0.15, 0.2) is 42.2 Å². The fraction of sp³-hybridized carbons (Fsp3) is 0.250. The third-order valence-corrected chi connectivity index (χ3v) is 2.33. The molecule has 1 aliphatic rings. The molecule has 1 atom stereocenters. The Morgan fingerprint density at radius 1 is 1.29 bits per heavy atom. The van der Waals surface area contributed by atoms with Crippen LogP contribution in [-0.2, 0) is 9.53 Å². The number of carbonyl (C=O) groups excluding carboxylic acids is 1. The molecule has 0 N–H and O–H groups in total. The van der Waals surface area contributed by atoms with Crippen LogP contribution in [0.4, 0.5) is 0 Å². The van der Waals surface area contributed by atoms with E-state index in [4.69, 9.17) is 4.74 Å².